The molecule has 4 saturated heterocycles. The predicted molar refractivity (Wildman–Crippen MR) is 232 cm³/mol. The number of carbonyl (C=O) groups excluding carboxylic acids is 2. The molecule has 0 amide bonds. The van der Waals surface area contributed by atoms with Gasteiger partial charge in [-0.15, -0.1) is 0 Å². The van der Waals surface area contributed by atoms with E-state index in [0.29, 0.717) is 19.3 Å². The lowest BCUT2D eigenvalue weighted by Gasteiger charge is -2.53. The van der Waals surface area contributed by atoms with Gasteiger partial charge in [0.05, 0.1) is 31.8 Å². The summed E-state index contributed by atoms with van der Waals surface area (Å²) in [5, 5.41) is 12.9. The van der Waals surface area contributed by atoms with E-state index in [1.807, 2.05) is 0 Å². The number of esters is 2. The first-order valence-electron chi connectivity index (χ1n) is 21.8. The number of fused-ring (bicyclic) bond motifs is 1. The molecule has 334 valence electrons. The summed E-state index contributed by atoms with van der Waals surface area (Å²) in [6, 6.07) is 0. The molecule has 1 aliphatic carbocycles. The van der Waals surface area contributed by atoms with Gasteiger partial charge >= 0.3 is 11.9 Å². The van der Waals surface area contributed by atoms with Crippen molar-refractivity contribution < 1.29 is 43.1 Å². The number of aliphatic hydroxyl groups is 1. The topological polar surface area (TPSA) is 125 Å². The summed E-state index contributed by atoms with van der Waals surface area (Å²) >= 11 is 0. The Balaban J connectivity index is 0.000000268. The maximum atomic E-state index is 11.2. The Labute approximate surface area is 352 Å². The molecular weight excluding hydrogens is 737 g/mol. The van der Waals surface area contributed by atoms with Crippen molar-refractivity contribution in [2.24, 2.45) is 0 Å². The summed E-state index contributed by atoms with van der Waals surface area (Å²) < 4.78 is 32.0. The average molecular weight is 819 g/mol. The highest BCUT2D eigenvalue weighted by Crippen LogP contribution is 2.38. The Morgan fingerprint density at radius 1 is 0.621 bits per heavy atom. The Bertz CT molecular complexity index is 1230. The van der Waals surface area contributed by atoms with E-state index in [0.717, 1.165) is 25.7 Å². The molecule has 1 saturated carbocycles. The lowest BCUT2D eigenvalue weighted by Crippen LogP contribution is -2.60. The third kappa shape index (κ3) is 18.3. The van der Waals surface area contributed by atoms with Gasteiger partial charge in [0.15, 0.2) is 0 Å². The Morgan fingerprint density at radius 2 is 1.03 bits per heavy atom. The van der Waals surface area contributed by atoms with E-state index in [4.69, 9.17) is 28.4 Å². The van der Waals surface area contributed by atoms with Crippen LogP contribution in [0.1, 0.15) is 152 Å². The number of nitrogens with one attached hydrogen (secondary N) is 1. The second-order valence-corrected chi connectivity index (χ2v) is 19.1. The van der Waals surface area contributed by atoms with Crippen molar-refractivity contribution in [3.05, 3.63) is 51.0 Å². The summed E-state index contributed by atoms with van der Waals surface area (Å²) in [6.45, 7) is 32.0. The quantitative estimate of drug-likeness (QED) is 0.139. The number of nitrogens with zero attached hydrogens (tertiary/aromatic N) is 1. The standard InChI is InChI=1S/C14H26O.C13H23NO2.C12H21NO2.C8H12O4/c1-2-15-14-12-10-8-6-4-3-5-7-9-11-13-14;1-7-11(15)16-10-8-12(2,3)14(6)13(4,5)9-10;1-6-10(14)15-9-7-11(2,3)13-12(4,5)8-9;1-2-10-6-4-12-7-5(9)3-11-8(6)7/h2,14H,1,3-13H2;7,10H,1,8-9H2,2-6H3;6,9,13H,1,7-8H2,2-5H3;2,5-9H,1,3-4H2. The summed E-state index contributed by atoms with van der Waals surface area (Å²) in [4.78, 5) is 24.7. The van der Waals surface area contributed by atoms with Gasteiger partial charge in [-0.1, -0.05) is 71.3 Å². The van der Waals surface area contributed by atoms with Gasteiger partial charge in [-0.05, 0) is 88.1 Å². The third-order valence-electron chi connectivity index (χ3n) is 11.9. The van der Waals surface area contributed by atoms with E-state index in [1.165, 1.54) is 89.0 Å². The minimum Gasteiger partial charge on any atom is -0.499 e. The fourth-order valence-electron chi connectivity index (χ4n) is 9.18. The van der Waals surface area contributed by atoms with E-state index >= 15 is 0 Å². The van der Waals surface area contributed by atoms with Crippen molar-refractivity contribution in [2.45, 2.75) is 217 Å². The second-order valence-electron chi connectivity index (χ2n) is 19.1. The van der Waals surface area contributed by atoms with Gasteiger partial charge < -0.3 is 38.8 Å². The number of aliphatic hydroxyl groups excluding tert-OH is 1. The van der Waals surface area contributed by atoms with Crippen LogP contribution in [-0.2, 0) is 38.0 Å². The Morgan fingerprint density at radius 3 is 1.47 bits per heavy atom. The van der Waals surface area contributed by atoms with Gasteiger partial charge in [-0.2, -0.15) is 0 Å². The number of ether oxygens (including phenoxy) is 6. The number of hydrogen-bond acceptors (Lipinski definition) is 11. The molecule has 58 heavy (non-hydrogen) atoms. The number of likely N-dealkylation sites (tertiary alicyclic amines) is 1. The van der Waals surface area contributed by atoms with Crippen molar-refractivity contribution in [3.8, 4) is 0 Å². The molecule has 0 aromatic carbocycles. The van der Waals surface area contributed by atoms with Crippen LogP contribution in [0.25, 0.3) is 0 Å². The fraction of sp³-hybridized carbons (Fsp3) is 0.787. The third-order valence-corrected chi connectivity index (χ3v) is 11.9. The molecule has 0 aromatic rings. The van der Waals surface area contributed by atoms with Crippen LogP contribution in [0.4, 0.5) is 0 Å². The molecule has 4 atom stereocenters. The van der Waals surface area contributed by atoms with E-state index in [2.05, 4.69) is 99.0 Å². The lowest BCUT2D eigenvalue weighted by molar-refractivity contribution is -0.153. The molecule has 0 spiro atoms. The maximum Gasteiger partial charge on any atom is 0.330 e. The minimum atomic E-state index is -0.506. The van der Waals surface area contributed by atoms with Crippen LogP contribution in [0.15, 0.2) is 51.0 Å². The van der Waals surface area contributed by atoms with Crippen LogP contribution < -0.4 is 5.32 Å². The molecule has 11 heteroatoms. The van der Waals surface area contributed by atoms with Crippen molar-refractivity contribution in [3.63, 3.8) is 0 Å². The average Bonchev–Trinajstić information content (AvgIpc) is 3.70. The van der Waals surface area contributed by atoms with Gasteiger partial charge in [0.1, 0.15) is 36.6 Å². The molecule has 11 nitrogen and oxygen atoms in total. The normalized spacial score (nSPS) is 28.5. The van der Waals surface area contributed by atoms with E-state index in [1.54, 1.807) is 6.26 Å². The van der Waals surface area contributed by atoms with E-state index in [-0.39, 0.29) is 64.6 Å². The molecule has 4 heterocycles. The SMILES string of the molecule is C=CC(=O)OC1CC(C)(C)N(C)C(C)(C)C1.C=CC(=O)OC1CC(C)(C)NC(C)(C)C1.C=COC1CCCCCCCCCCC1.C=COC1COC2C(O)COC12. The molecule has 0 bridgehead atoms. The molecule has 2 N–H and O–H groups in total. The van der Waals surface area contributed by atoms with Crippen LogP contribution in [0, 0.1) is 0 Å². The molecule has 4 unspecified atom stereocenters. The van der Waals surface area contributed by atoms with Crippen LogP contribution in [0.2, 0.25) is 0 Å². The van der Waals surface area contributed by atoms with Crippen molar-refractivity contribution in [1.29, 1.82) is 0 Å². The summed E-state index contributed by atoms with van der Waals surface area (Å²) in [5.41, 5.74) is 0.115. The summed E-state index contributed by atoms with van der Waals surface area (Å²) in [6.07, 6.45) is 23.4. The summed E-state index contributed by atoms with van der Waals surface area (Å²) in [7, 11) is 2.13. The largest absolute Gasteiger partial charge is 0.499 e. The van der Waals surface area contributed by atoms with Crippen LogP contribution in [0.5, 0.6) is 0 Å². The number of hydrogen-bond donors (Lipinski definition) is 2. The van der Waals surface area contributed by atoms with Gasteiger partial charge in [0.2, 0.25) is 0 Å². The van der Waals surface area contributed by atoms with Gasteiger partial charge in [-0.3, -0.25) is 4.90 Å². The van der Waals surface area contributed by atoms with Gasteiger partial charge in [0, 0.05) is 60.0 Å². The Hall–Kier alpha value is -2.70. The van der Waals surface area contributed by atoms with Crippen LogP contribution in [0.3, 0.4) is 0 Å². The molecular formula is C47H82N2O9. The van der Waals surface area contributed by atoms with Gasteiger partial charge in [0.25, 0.3) is 0 Å². The second kappa shape index (κ2) is 24.5. The van der Waals surface area contributed by atoms with E-state index in [9.17, 15) is 14.7 Å². The number of piperidine rings is 2. The highest BCUT2D eigenvalue weighted by Gasteiger charge is 2.48. The van der Waals surface area contributed by atoms with E-state index < -0.39 is 6.10 Å². The molecule has 4 aliphatic heterocycles. The van der Waals surface area contributed by atoms with Crippen molar-refractivity contribution in [2.75, 3.05) is 20.3 Å². The fourth-order valence-corrected chi connectivity index (χ4v) is 9.18. The lowest BCUT2D eigenvalue weighted by atomic mass is 9.79. The smallest absolute Gasteiger partial charge is 0.330 e. The number of rotatable bonds is 8. The molecule has 0 radical (unpaired) electrons. The maximum absolute atomic E-state index is 11.2. The van der Waals surface area contributed by atoms with Crippen molar-refractivity contribution >= 4 is 11.9 Å². The zero-order valence-electron chi connectivity index (χ0n) is 37.9. The first-order chi connectivity index (χ1) is 27.2. The highest BCUT2D eigenvalue weighted by atomic mass is 16.6. The Kier molecular flexibility index (Phi) is 21.8. The minimum absolute atomic E-state index is 0.00769. The van der Waals surface area contributed by atoms with Gasteiger partial charge in [-0.25, -0.2) is 9.59 Å². The first kappa shape index (κ1) is 51.4. The zero-order valence-corrected chi connectivity index (χ0v) is 37.9. The van der Waals surface area contributed by atoms with Crippen LogP contribution in [-0.4, -0.2) is 107 Å². The predicted octanol–water partition coefficient (Wildman–Crippen LogP) is 8.89. The molecule has 0 aromatic heterocycles. The van der Waals surface area contributed by atoms with Crippen molar-refractivity contribution in [1.82, 2.24) is 10.2 Å². The molecule has 5 aliphatic rings. The van der Waals surface area contributed by atoms with Crippen LogP contribution >= 0.6 is 0 Å². The zero-order chi connectivity index (χ0) is 43.6. The summed E-state index contributed by atoms with van der Waals surface area (Å²) in [5.74, 6) is -0.644. The number of carbonyl (C=O) groups is 2. The first-order valence-corrected chi connectivity index (χ1v) is 21.8. The molecule has 5 rings (SSSR count). The molecule has 5 fully saturated rings. The monoisotopic (exact) mass is 819 g/mol. The highest BCUT2D eigenvalue weighted by molar-refractivity contribution is 5.81.